The lowest BCUT2D eigenvalue weighted by Gasteiger charge is -2.28. The summed E-state index contributed by atoms with van der Waals surface area (Å²) in [5, 5.41) is 7.76. The van der Waals surface area contributed by atoms with E-state index in [-0.39, 0.29) is 38.4 Å². The summed E-state index contributed by atoms with van der Waals surface area (Å²) in [6, 6.07) is 12.4. The van der Waals surface area contributed by atoms with E-state index in [9.17, 15) is 18.0 Å². The van der Waals surface area contributed by atoms with Crippen molar-refractivity contribution >= 4 is 34.6 Å². The van der Waals surface area contributed by atoms with Gasteiger partial charge in [-0.25, -0.2) is 4.52 Å². The maximum atomic E-state index is 14.3. The first kappa shape index (κ1) is 26.4. The highest BCUT2D eigenvalue weighted by atomic mass is 35.5. The zero-order valence-electron chi connectivity index (χ0n) is 20.8. The molecule has 5 nitrogen and oxygen atoms in total. The summed E-state index contributed by atoms with van der Waals surface area (Å²) in [6.45, 7) is 5.97. The van der Waals surface area contributed by atoms with Gasteiger partial charge in [0.1, 0.15) is 5.75 Å². The van der Waals surface area contributed by atoms with E-state index in [4.69, 9.17) is 27.9 Å². The van der Waals surface area contributed by atoms with E-state index in [1.54, 1.807) is 0 Å². The number of aromatic nitrogens is 2. The Morgan fingerprint density at radius 3 is 2.42 bits per heavy atom. The van der Waals surface area contributed by atoms with Crippen molar-refractivity contribution in [1.82, 2.24) is 14.9 Å². The maximum Gasteiger partial charge on any atom is 0.418 e. The number of amides is 1. The second-order valence-corrected chi connectivity index (χ2v) is 11.1. The number of hydrogen-bond acceptors (Lipinski definition) is 3. The second kappa shape index (κ2) is 9.50. The van der Waals surface area contributed by atoms with Crippen molar-refractivity contribution in [3.8, 4) is 17.0 Å². The number of carbonyl (C=O) groups is 1. The van der Waals surface area contributed by atoms with Crippen LogP contribution < -0.4 is 10.1 Å². The Morgan fingerprint density at radius 1 is 1.08 bits per heavy atom. The molecule has 38 heavy (non-hydrogen) atoms. The highest BCUT2D eigenvalue weighted by molar-refractivity contribution is 6.35. The molecule has 0 saturated heterocycles. The van der Waals surface area contributed by atoms with Crippen molar-refractivity contribution in [2.45, 2.75) is 44.8 Å². The fraction of sp³-hybridized carbons (Fsp3) is 0.286. The molecule has 1 atom stereocenters. The van der Waals surface area contributed by atoms with Crippen LogP contribution in [0.3, 0.4) is 0 Å². The molecule has 0 aliphatic carbocycles. The lowest BCUT2D eigenvalue weighted by molar-refractivity contribution is -0.137. The van der Waals surface area contributed by atoms with Gasteiger partial charge < -0.3 is 10.1 Å². The summed E-state index contributed by atoms with van der Waals surface area (Å²) in [4.78, 5) is 13.6. The molecule has 1 N–H and O–H groups in total. The molecule has 0 saturated carbocycles. The molecule has 0 unspecified atom stereocenters. The first-order valence-electron chi connectivity index (χ1n) is 12.0. The van der Waals surface area contributed by atoms with Crippen molar-refractivity contribution in [3.63, 3.8) is 0 Å². The third-order valence-electron chi connectivity index (χ3n) is 6.50. The van der Waals surface area contributed by atoms with Crippen LogP contribution in [0.2, 0.25) is 10.0 Å². The number of alkyl halides is 3. The number of carbonyl (C=O) groups excluding carboxylic acids is 1. The minimum Gasteiger partial charge on any atom is -0.493 e. The van der Waals surface area contributed by atoms with Gasteiger partial charge in [0, 0.05) is 27.6 Å². The van der Waals surface area contributed by atoms with Gasteiger partial charge in [0.05, 0.1) is 41.2 Å². The van der Waals surface area contributed by atoms with Crippen molar-refractivity contribution in [1.29, 1.82) is 0 Å². The van der Waals surface area contributed by atoms with Crippen LogP contribution in [0.1, 0.15) is 60.3 Å². The van der Waals surface area contributed by atoms with Crippen LogP contribution in [-0.2, 0) is 11.6 Å². The van der Waals surface area contributed by atoms with E-state index < -0.39 is 23.1 Å². The van der Waals surface area contributed by atoms with Crippen molar-refractivity contribution < 1.29 is 22.7 Å². The van der Waals surface area contributed by atoms with Crippen LogP contribution in [0.15, 0.2) is 54.7 Å². The van der Waals surface area contributed by atoms with E-state index in [2.05, 4.69) is 10.4 Å². The Bertz CT molecular complexity index is 1540. The number of fused-ring (bicyclic) bond motifs is 2. The van der Waals surface area contributed by atoms with Gasteiger partial charge in [0.2, 0.25) is 0 Å². The number of halogens is 5. The minimum absolute atomic E-state index is 0.165. The first-order valence-corrected chi connectivity index (χ1v) is 12.7. The normalized spacial score (nSPS) is 15.7. The van der Waals surface area contributed by atoms with Gasteiger partial charge in [0.15, 0.2) is 0 Å². The summed E-state index contributed by atoms with van der Waals surface area (Å²) in [5.41, 5.74) is 0.0351. The number of benzene rings is 2. The summed E-state index contributed by atoms with van der Waals surface area (Å²) < 4.78 is 49.8. The van der Waals surface area contributed by atoms with Crippen LogP contribution in [0.5, 0.6) is 5.75 Å². The van der Waals surface area contributed by atoms with Gasteiger partial charge in [-0.3, -0.25) is 4.79 Å². The molecule has 2 aromatic heterocycles. The molecule has 3 heterocycles. The van der Waals surface area contributed by atoms with Gasteiger partial charge in [-0.1, -0.05) is 62.2 Å². The Balaban J connectivity index is 1.69. The van der Waals surface area contributed by atoms with Gasteiger partial charge in [0.25, 0.3) is 5.91 Å². The number of ether oxygens (including phenoxy) is 1. The molecule has 1 amide bonds. The van der Waals surface area contributed by atoms with E-state index in [1.807, 2.05) is 45.0 Å². The third kappa shape index (κ3) is 4.83. The Hall–Kier alpha value is -3.23. The van der Waals surface area contributed by atoms with E-state index in [1.165, 1.54) is 28.9 Å². The molecule has 198 valence electrons. The molecule has 4 aromatic rings. The quantitative estimate of drug-likeness (QED) is 0.277. The summed E-state index contributed by atoms with van der Waals surface area (Å²) in [7, 11) is 0. The van der Waals surface area contributed by atoms with Gasteiger partial charge in [-0.05, 0) is 41.3 Å². The number of para-hydroxylation sites is 1. The van der Waals surface area contributed by atoms with Crippen LogP contribution >= 0.6 is 23.2 Å². The van der Waals surface area contributed by atoms with Crippen LogP contribution in [-0.4, -0.2) is 22.1 Å². The Kier molecular flexibility index (Phi) is 6.60. The van der Waals surface area contributed by atoms with E-state index >= 15 is 0 Å². The molecule has 0 spiro atoms. The van der Waals surface area contributed by atoms with Crippen molar-refractivity contribution in [3.05, 3.63) is 87.0 Å². The van der Waals surface area contributed by atoms with Gasteiger partial charge >= 0.3 is 6.18 Å². The highest BCUT2D eigenvalue weighted by Gasteiger charge is 2.39. The van der Waals surface area contributed by atoms with Crippen molar-refractivity contribution in [2.75, 3.05) is 6.61 Å². The van der Waals surface area contributed by atoms with Gasteiger partial charge in [-0.15, -0.1) is 0 Å². The second-order valence-electron chi connectivity index (χ2n) is 10.2. The fourth-order valence-electron chi connectivity index (χ4n) is 4.99. The molecule has 0 radical (unpaired) electrons. The molecule has 1 aliphatic rings. The van der Waals surface area contributed by atoms with E-state index in [0.717, 1.165) is 11.6 Å². The average Bonchev–Trinajstić information content (AvgIpc) is 3.22. The molecule has 5 rings (SSSR count). The lowest BCUT2D eigenvalue weighted by atomic mass is 9.83. The fourth-order valence-corrected chi connectivity index (χ4v) is 5.52. The average molecular weight is 562 g/mol. The van der Waals surface area contributed by atoms with Crippen LogP contribution in [0, 0.1) is 0 Å². The van der Waals surface area contributed by atoms with E-state index in [0.29, 0.717) is 24.3 Å². The Labute approximate surface area is 227 Å². The molecular weight excluding hydrogens is 538 g/mol. The largest absolute Gasteiger partial charge is 0.493 e. The maximum absolute atomic E-state index is 14.3. The molecular formula is C28H24Cl2F3N3O2. The minimum atomic E-state index is -4.69. The SMILES string of the molecule is CC(C)(C)c1c(C(=O)N[C@H]2CCOc3ccccc32)cnn2c(-c3cc(Cl)cc(Cl)c3)c(C(F)(F)F)cc12. The molecule has 0 fully saturated rings. The van der Waals surface area contributed by atoms with Crippen LogP contribution in [0.25, 0.3) is 16.8 Å². The molecule has 2 aromatic carbocycles. The predicted molar refractivity (Wildman–Crippen MR) is 141 cm³/mol. The summed E-state index contributed by atoms with van der Waals surface area (Å²) in [5.74, 6) is 0.272. The molecule has 1 aliphatic heterocycles. The molecule has 0 bridgehead atoms. The number of nitrogens with one attached hydrogen (secondary N) is 1. The summed E-state index contributed by atoms with van der Waals surface area (Å²) in [6.07, 6.45) is -2.81. The van der Waals surface area contributed by atoms with Crippen LogP contribution in [0.4, 0.5) is 13.2 Å². The standard InChI is InChI=1S/C28H24Cl2F3N3O2/c1-27(2,3)24-19(26(37)35-21-8-9-38-23-7-5-4-6-18(21)23)14-34-36-22(24)13-20(28(31,32)33)25(36)15-10-16(29)12-17(30)11-15/h4-7,10-14,21H,8-9H2,1-3H3,(H,35,37)/t21-/m0/s1. The van der Waals surface area contributed by atoms with Crippen molar-refractivity contribution in [2.24, 2.45) is 0 Å². The number of hydrogen-bond donors (Lipinski definition) is 1. The molecule has 10 heteroatoms. The zero-order chi connectivity index (χ0) is 27.4. The number of nitrogens with zero attached hydrogens (tertiary/aromatic N) is 2. The van der Waals surface area contributed by atoms with Gasteiger partial charge in [-0.2, -0.15) is 18.3 Å². The Morgan fingerprint density at radius 2 is 1.76 bits per heavy atom. The first-order chi connectivity index (χ1) is 17.8. The lowest BCUT2D eigenvalue weighted by Crippen LogP contribution is -2.34. The number of rotatable bonds is 3. The summed E-state index contributed by atoms with van der Waals surface area (Å²) >= 11 is 12.3. The topological polar surface area (TPSA) is 55.6 Å². The zero-order valence-corrected chi connectivity index (χ0v) is 22.3. The predicted octanol–water partition coefficient (Wildman–Crippen LogP) is 7.88. The monoisotopic (exact) mass is 561 g/mol. The highest BCUT2D eigenvalue weighted by Crippen LogP contribution is 2.43. The third-order valence-corrected chi connectivity index (χ3v) is 6.94. The smallest absolute Gasteiger partial charge is 0.418 e.